The number of halogens is 4. The van der Waals surface area contributed by atoms with E-state index in [0.29, 0.717) is 27.7 Å². The first-order valence-electron chi connectivity index (χ1n) is 8.98. The third kappa shape index (κ3) is 3.67. The zero-order valence-electron chi connectivity index (χ0n) is 15.7. The summed E-state index contributed by atoms with van der Waals surface area (Å²) in [4.78, 5) is 23.9. The van der Waals surface area contributed by atoms with Crippen molar-refractivity contribution >= 4 is 23.5 Å². The maximum absolute atomic E-state index is 13.3. The number of thioether (sulfide) groups is 1. The lowest BCUT2D eigenvalue weighted by Gasteiger charge is -2.18. The predicted octanol–water partition coefficient (Wildman–Crippen LogP) is 5.28. The molecule has 1 amide bonds. The maximum Gasteiger partial charge on any atom is 0.403 e. The molecule has 4 rings (SSSR count). The van der Waals surface area contributed by atoms with E-state index in [0.717, 1.165) is 0 Å². The normalized spacial score (nSPS) is 15.1. The number of rotatable bonds is 5. The van der Waals surface area contributed by atoms with Crippen molar-refractivity contribution in [3.05, 3.63) is 48.4 Å². The van der Waals surface area contributed by atoms with Crippen molar-refractivity contribution in [2.24, 2.45) is 5.41 Å². The predicted molar refractivity (Wildman–Crippen MR) is 105 cm³/mol. The quantitative estimate of drug-likeness (QED) is 0.422. The van der Waals surface area contributed by atoms with Crippen LogP contribution in [0.5, 0.6) is 0 Å². The molecule has 2 heterocycles. The van der Waals surface area contributed by atoms with E-state index in [2.05, 4.69) is 20.3 Å². The van der Waals surface area contributed by atoms with Crippen molar-refractivity contribution in [2.45, 2.75) is 24.2 Å². The van der Waals surface area contributed by atoms with E-state index in [4.69, 9.17) is 0 Å². The second kappa shape index (κ2) is 7.42. The highest BCUT2D eigenvalue weighted by Gasteiger charge is 2.68. The monoisotopic (exact) mass is 436 g/mol. The molecule has 10 heteroatoms. The molecule has 5 nitrogen and oxygen atoms in total. The minimum Gasteiger partial charge on any atom is -0.332 e. The lowest BCUT2D eigenvalue weighted by atomic mass is 10.0. The first kappa shape index (κ1) is 20.4. The van der Waals surface area contributed by atoms with Gasteiger partial charge in [-0.15, -0.1) is 0 Å². The van der Waals surface area contributed by atoms with E-state index in [-0.39, 0.29) is 24.5 Å². The Hall–Kier alpha value is -2.88. The third-order valence-electron chi connectivity index (χ3n) is 5.01. The number of alkyl halides is 3. The van der Waals surface area contributed by atoms with Crippen molar-refractivity contribution in [3.63, 3.8) is 0 Å². The zero-order chi connectivity index (χ0) is 21.5. The van der Waals surface area contributed by atoms with Crippen LogP contribution in [0.3, 0.4) is 0 Å². The van der Waals surface area contributed by atoms with Crippen molar-refractivity contribution in [1.29, 1.82) is 0 Å². The highest BCUT2D eigenvalue weighted by atomic mass is 32.2. The smallest absolute Gasteiger partial charge is 0.332 e. The van der Waals surface area contributed by atoms with E-state index >= 15 is 0 Å². The molecule has 1 fully saturated rings. The molecule has 1 aromatic carbocycles. The van der Waals surface area contributed by atoms with Crippen molar-refractivity contribution in [1.82, 2.24) is 15.0 Å². The van der Waals surface area contributed by atoms with E-state index in [1.54, 1.807) is 18.2 Å². The van der Waals surface area contributed by atoms with Gasteiger partial charge >= 0.3 is 6.18 Å². The number of hydrogen-bond acceptors (Lipinski definition) is 4. The number of anilines is 1. The van der Waals surface area contributed by atoms with Crippen LogP contribution < -0.4 is 5.32 Å². The molecular formula is C20H16F4N4OS. The summed E-state index contributed by atoms with van der Waals surface area (Å²) in [5, 5.41) is 2.90. The lowest BCUT2D eigenvalue weighted by molar-refractivity contribution is -0.189. The number of nitrogens with zero attached hydrogens (tertiary/aromatic N) is 2. The molecule has 0 saturated heterocycles. The Morgan fingerprint density at radius 1 is 1.17 bits per heavy atom. The molecule has 2 N–H and O–H groups in total. The van der Waals surface area contributed by atoms with Crippen LogP contribution in [-0.2, 0) is 4.79 Å². The van der Waals surface area contributed by atoms with Gasteiger partial charge in [0, 0.05) is 17.3 Å². The first-order valence-corrected chi connectivity index (χ1v) is 10.2. The Morgan fingerprint density at radius 2 is 1.87 bits per heavy atom. The number of pyridine rings is 1. The van der Waals surface area contributed by atoms with E-state index in [9.17, 15) is 22.4 Å². The number of nitrogens with one attached hydrogen (secondary N) is 2. The molecule has 3 aromatic rings. The van der Waals surface area contributed by atoms with Gasteiger partial charge in [-0.25, -0.2) is 14.4 Å². The van der Waals surface area contributed by atoms with Crippen LogP contribution in [0.25, 0.3) is 22.5 Å². The van der Waals surface area contributed by atoms with Gasteiger partial charge in [0.1, 0.15) is 17.1 Å². The SMILES string of the molecule is CSc1nc(-c2ccnc(NC(=O)C3(C(F)(F)F)CC3)c2)c(-c2ccc(F)cc2)[nH]1. The molecule has 0 unspecified atom stereocenters. The molecule has 0 aliphatic heterocycles. The number of hydrogen-bond donors (Lipinski definition) is 2. The Balaban J connectivity index is 1.67. The lowest BCUT2D eigenvalue weighted by Crippen LogP contribution is -2.37. The fourth-order valence-corrected chi connectivity index (χ4v) is 3.52. The second-order valence-electron chi connectivity index (χ2n) is 6.94. The minimum atomic E-state index is -4.60. The molecule has 1 aliphatic rings. The third-order valence-corrected chi connectivity index (χ3v) is 5.59. The summed E-state index contributed by atoms with van der Waals surface area (Å²) < 4.78 is 52.8. The van der Waals surface area contributed by atoms with Crippen LogP contribution in [0.1, 0.15) is 12.8 Å². The van der Waals surface area contributed by atoms with Crippen LogP contribution >= 0.6 is 11.8 Å². The summed E-state index contributed by atoms with van der Waals surface area (Å²) in [6.07, 6.45) is -1.83. The topological polar surface area (TPSA) is 70.7 Å². The van der Waals surface area contributed by atoms with Crippen molar-refractivity contribution < 1.29 is 22.4 Å². The van der Waals surface area contributed by atoms with Gasteiger partial charge in [-0.05, 0) is 55.5 Å². The highest BCUT2D eigenvalue weighted by molar-refractivity contribution is 7.98. The summed E-state index contributed by atoms with van der Waals surface area (Å²) in [6, 6.07) is 8.95. The van der Waals surface area contributed by atoms with Crippen LogP contribution in [0.4, 0.5) is 23.4 Å². The van der Waals surface area contributed by atoms with Gasteiger partial charge in [0.25, 0.3) is 0 Å². The molecule has 0 spiro atoms. The number of benzene rings is 1. The molecule has 30 heavy (non-hydrogen) atoms. The average molecular weight is 436 g/mol. The number of carbonyl (C=O) groups excluding carboxylic acids is 1. The summed E-state index contributed by atoms with van der Waals surface area (Å²) in [7, 11) is 0. The standard InChI is InChI=1S/C20H16F4N4OS/c1-30-18-27-15(11-2-4-13(21)5-3-11)16(28-18)12-6-9-25-14(10-12)26-17(29)19(7-8-19)20(22,23)24/h2-6,9-10H,7-8H2,1H3,(H,27,28)(H,25,26,29). The van der Waals surface area contributed by atoms with E-state index in [1.165, 1.54) is 36.2 Å². The van der Waals surface area contributed by atoms with Gasteiger partial charge in [0.15, 0.2) is 5.16 Å². The number of aromatic nitrogens is 3. The fraction of sp³-hybridized carbons (Fsp3) is 0.250. The van der Waals surface area contributed by atoms with Gasteiger partial charge in [-0.3, -0.25) is 4.79 Å². The van der Waals surface area contributed by atoms with Crippen LogP contribution in [-0.4, -0.2) is 33.3 Å². The van der Waals surface area contributed by atoms with Gasteiger partial charge in [-0.1, -0.05) is 11.8 Å². The number of imidazole rings is 1. The van der Waals surface area contributed by atoms with Gasteiger partial charge in [0.2, 0.25) is 5.91 Å². The number of amides is 1. The van der Waals surface area contributed by atoms with E-state index in [1.807, 2.05) is 6.26 Å². The summed E-state index contributed by atoms with van der Waals surface area (Å²) >= 11 is 1.37. The number of aromatic amines is 1. The fourth-order valence-electron chi connectivity index (χ4n) is 3.13. The van der Waals surface area contributed by atoms with Crippen LogP contribution in [0.15, 0.2) is 47.8 Å². The average Bonchev–Trinajstić information content (AvgIpc) is 3.43. The molecule has 0 bridgehead atoms. The second-order valence-corrected chi connectivity index (χ2v) is 7.74. The largest absolute Gasteiger partial charge is 0.403 e. The Bertz CT molecular complexity index is 1090. The summed E-state index contributed by atoms with van der Waals surface area (Å²) in [6.45, 7) is 0. The molecule has 0 radical (unpaired) electrons. The molecular weight excluding hydrogens is 420 g/mol. The Labute approximate surface area is 173 Å². The van der Waals surface area contributed by atoms with Gasteiger partial charge in [-0.2, -0.15) is 13.2 Å². The van der Waals surface area contributed by atoms with E-state index < -0.39 is 17.5 Å². The molecule has 1 aliphatic carbocycles. The van der Waals surface area contributed by atoms with Crippen LogP contribution in [0.2, 0.25) is 0 Å². The molecule has 156 valence electrons. The molecule has 2 aromatic heterocycles. The Kier molecular flexibility index (Phi) is 5.05. The minimum absolute atomic E-state index is 0.00628. The zero-order valence-corrected chi connectivity index (χ0v) is 16.5. The van der Waals surface area contributed by atoms with Crippen LogP contribution in [0, 0.1) is 11.2 Å². The van der Waals surface area contributed by atoms with Gasteiger partial charge < -0.3 is 10.3 Å². The number of H-pyrrole nitrogens is 1. The van der Waals surface area contributed by atoms with Crippen molar-refractivity contribution in [3.8, 4) is 22.5 Å². The summed E-state index contributed by atoms with van der Waals surface area (Å²) in [5.41, 5.74) is 0.0451. The first-order chi connectivity index (χ1) is 14.2. The molecule has 0 atom stereocenters. The maximum atomic E-state index is 13.3. The Morgan fingerprint density at radius 3 is 2.47 bits per heavy atom. The summed E-state index contributed by atoms with van der Waals surface area (Å²) in [5.74, 6) is -1.48. The molecule has 1 saturated carbocycles. The van der Waals surface area contributed by atoms with Crippen molar-refractivity contribution in [2.75, 3.05) is 11.6 Å². The highest BCUT2D eigenvalue weighted by Crippen LogP contribution is 2.58. The number of carbonyl (C=O) groups is 1. The van der Waals surface area contributed by atoms with Gasteiger partial charge in [0.05, 0.1) is 11.4 Å².